The predicted octanol–water partition coefficient (Wildman–Crippen LogP) is 3.37. The Kier molecular flexibility index (Phi) is 6.18. The second-order valence-corrected chi connectivity index (χ2v) is 7.43. The molecular formula is C23H26N2O5. The average Bonchev–Trinajstić information content (AvgIpc) is 3.23. The lowest BCUT2D eigenvalue weighted by atomic mass is 9.94. The molecule has 0 aromatic heterocycles. The molecule has 158 valence electrons. The number of carbonyl (C=O) groups excluding carboxylic acids is 2. The summed E-state index contributed by atoms with van der Waals surface area (Å²) in [6.45, 7) is 3.70. The highest BCUT2D eigenvalue weighted by molar-refractivity contribution is 5.96. The lowest BCUT2D eigenvalue weighted by Gasteiger charge is -2.36. The summed E-state index contributed by atoms with van der Waals surface area (Å²) in [5.41, 5.74) is 1.58. The highest BCUT2D eigenvalue weighted by atomic mass is 16.7. The Balaban J connectivity index is 1.49. The van der Waals surface area contributed by atoms with Crippen molar-refractivity contribution in [3.8, 4) is 11.5 Å². The third kappa shape index (κ3) is 4.41. The maximum absolute atomic E-state index is 13.3. The van der Waals surface area contributed by atoms with E-state index in [4.69, 9.17) is 14.2 Å². The number of amides is 1. The van der Waals surface area contributed by atoms with Crippen molar-refractivity contribution in [1.29, 1.82) is 0 Å². The van der Waals surface area contributed by atoms with Gasteiger partial charge in [-0.2, -0.15) is 0 Å². The van der Waals surface area contributed by atoms with E-state index in [1.165, 1.54) is 0 Å². The second kappa shape index (κ2) is 9.17. The fourth-order valence-corrected chi connectivity index (χ4v) is 4.00. The van der Waals surface area contributed by atoms with Crippen LogP contribution < -0.4 is 14.8 Å². The van der Waals surface area contributed by atoms with Gasteiger partial charge in [0, 0.05) is 24.8 Å². The molecule has 1 atom stereocenters. The third-order valence-electron chi connectivity index (χ3n) is 5.52. The van der Waals surface area contributed by atoms with E-state index in [0.717, 1.165) is 5.56 Å². The number of piperidine rings is 1. The van der Waals surface area contributed by atoms with Gasteiger partial charge in [0.2, 0.25) is 12.7 Å². The van der Waals surface area contributed by atoms with Gasteiger partial charge in [-0.25, -0.2) is 0 Å². The summed E-state index contributed by atoms with van der Waals surface area (Å²) < 4.78 is 15.9. The number of hydrogen-bond acceptors (Lipinski definition) is 6. The van der Waals surface area contributed by atoms with Crippen molar-refractivity contribution in [2.75, 3.05) is 31.8 Å². The van der Waals surface area contributed by atoms with Gasteiger partial charge in [0.1, 0.15) is 6.04 Å². The number of benzene rings is 2. The van der Waals surface area contributed by atoms with Crippen molar-refractivity contribution in [3.63, 3.8) is 0 Å². The monoisotopic (exact) mass is 410 g/mol. The minimum absolute atomic E-state index is 0.102. The zero-order chi connectivity index (χ0) is 20.9. The van der Waals surface area contributed by atoms with Crippen LogP contribution in [0.3, 0.4) is 0 Å². The van der Waals surface area contributed by atoms with Gasteiger partial charge in [-0.05, 0) is 37.5 Å². The summed E-state index contributed by atoms with van der Waals surface area (Å²) in [6.07, 6.45) is 1.36. The van der Waals surface area contributed by atoms with Crippen LogP contribution in [-0.4, -0.2) is 43.3 Å². The molecule has 1 saturated heterocycles. The van der Waals surface area contributed by atoms with E-state index in [2.05, 4.69) is 10.2 Å². The van der Waals surface area contributed by atoms with E-state index in [9.17, 15) is 9.59 Å². The van der Waals surface area contributed by atoms with E-state index in [-0.39, 0.29) is 24.6 Å². The number of rotatable bonds is 6. The number of esters is 1. The maximum Gasteiger partial charge on any atom is 0.309 e. The van der Waals surface area contributed by atoms with Crippen molar-refractivity contribution >= 4 is 17.6 Å². The predicted molar refractivity (Wildman–Crippen MR) is 111 cm³/mol. The highest BCUT2D eigenvalue weighted by Crippen LogP contribution is 2.35. The van der Waals surface area contributed by atoms with Crippen LogP contribution in [0.4, 0.5) is 5.69 Å². The molecule has 0 aliphatic carbocycles. The van der Waals surface area contributed by atoms with Crippen molar-refractivity contribution < 1.29 is 23.8 Å². The lowest BCUT2D eigenvalue weighted by molar-refractivity contribution is -0.149. The van der Waals surface area contributed by atoms with Crippen LogP contribution in [0.1, 0.15) is 31.4 Å². The van der Waals surface area contributed by atoms with E-state index in [1.54, 1.807) is 18.2 Å². The molecule has 1 N–H and O–H groups in total. The minimum Gasteiger partial charge on any atom is -0.466 e. The SMILES string of the molecule is CCOC(=O)C1CCN([C@@H](C(=O)Nc2ccc3c(c2)OCO3)c2ccccc2)CC1. The van der Waals surface area contributed by atoms with Crippen LogP contribution in [0.2, 0.25) is 0 Å². The molecule has 2 aliphatic rings. The molecule has 0 radical (unpaired) electrons. The summed E-state index contributed by atoms with van der Waals surface area (Å²) in [6, 6.07) is 14.6. The first kappa shape index (κ1) is 20.2. The summed E-state index contributed by atoms with van der Waals surface area (Å²) in [7, 11) is 0. The molecule has 4 rings (SSSR count). The molecule has 7 heteroatoms. The molecule has 1 fully saturated rings. The molecule has 1 amide bonds. The fourth-order valence-electron chi connectivity index (χ4n) is 4.00. The number of nitrogens with zero attached hydrogens (tertiary/aromatic N) is 1. The Hall–Kier alpha value is -3.06. The number of nitrogens with one attached hydrogen (secondary N) is 1. The van der Waals surface area contributed by atoms with E-state index in [0.29, 0.717) is 49.7 Å². The van der Waals surface area contributed by atoms with Gasteiger partial charge in [0.25, 0.3) is 0 Å². The third-order valence-corrected chi connectivity index (χ3v) is 5.52. The molecule has 0 bridgehead atoms. The standard InChI is InChI=1S/C23H26N2O5/c1-2-28-23(27)17-10-12-25(13-11-17)21(16-6-4-3-5-7-16)22(26)24-18-8-9-19-20(14-18)30-15-29-19/h3-9,14,17,21H,2,10-13,15H2,1H3,(H,24,26)/t21-/m1/s1. The Morgan fingerprint density at radius 1 is 1.10 bits per heavy atom. The second-order valence-electron chi connectivity index (χ2n) is 7.43. The van der Waals surface area contributed by atoms with Crippen molar-refractivity contribution in [2.45, 2.75) is 25.8 Å². The van der Waals surface area contributed by atoms with Gasteiger partial charge in [-0.15, -0.1) is 0 Å². The first-order valence-electron chi connectivity index (χ1n) is 10.3. The molecule has 0 spiro atoms. The van der Waals surface area contributed by atoms with Gasteiger partial charge in [0.05, 0.1) is 12.5 Å². The molecule has 0 unspecified atom stereocenters. The van der Waals surface area contributed by atoms with Gasteiger partial charge in [-0.3, -0.25) is 14.5 Å². The zero-order valence-corrected chi connectivity index (χ0v) is 17.0. The van der Waals surface area contributed by atoms with E-state index < -0.39 is 6.04 Å². The normalized spacial score (nSPS) is 17.4. The van der Waals surface area contributed by atoms with Crippen molar-refractivity contribution in [3.05, 3.63) is 54.1 Å². The number of anilines is 1. The summed E-state index contributed by atoms with van der Waals surface area (Å²) in [5.74, 6) is 0.940. The first-order chi connectivity index (χ1) is 14.7. The molecular weight excluding hydrogens is 384 g/mol. The molecule has 7 nitrogen and oxygen atoms in total. The molecule has 30 heavy (non-hydrogen) atoms. The first-order valence-corrected chi connectivity index (χ1v) is 10.3. The molecule has 2 aliphatic heterocycles. The highest BCUT2D eigenvalue weighted by Gasteiger charge is 2.33. The fraction of sp³-hybridized carbons (Fsp3) is 0.391. The number of hydrogen-bond donors (Lipinski definition) is 1. The smallest absolute Gasteiger partial charge is 0.309 e. The van der Waals surface area contributed by atoms with Crippen molar-refractivity contribution in [2.24, 2.45) is 5.92 Å². The van der Waals surface area contributed by atoms with Gasteiger partial charge in [-0.1, -0.05) is 30.3 Å². The largest absolute Gasteiger partial charge is 0.466 e. The molecule has 0 saturated carbocycles. The number of carbonyl (C=O) groups is 2. The number of likely N-dealkylation sites (tertiary alicyclic amines) is 1. The average molecular weight is 410 g/mol. The molecule has 2 aromatic carbocycles. The van der Waals surface area contributed by atoms with Crippen LogP contribution >= 0.6 is 0 Å². The lowest BCUT2D eigenvalue weighted by Crippen LogP contribution is -2.43. The quantitative estimate of drug-likeness (QED) is 0.736. The van der Waals surface area contributed by atoms with Crippen LogP contribution in [0.15, 0.2) is 48.5 Å². The van der Waals surface area contributed by atoms with Crippen LogP contribution in [0.25, 0.3) is 0 Å². The Labute approximate surface area is 175 Å². The van der Waals surface area contributed by atoms with E-state index >= 15 is 0 Å². The van der Waals surface area contributed by atoms with Crippen molar-refractivity contribution in [1.82, 2.24) is 4.90 Å². The maximum atomic E-state index is 13.3. The summed E-state index contributed by atoms with van der Waals surface area (Å²) >= 11 is 0. The minimum atomic E-state index is -0.445. The Morgan fingerprint density at radius 2 is 1.83 bits per heavy atom. The summed E-state index contributed by atoms with van der Waals surface area (Å²) in [5, 5.41) is 3.01. The van der Waals surface area contributed by atoms with E-state index in [1.807, 2.05) is 37.3 Å². The van der Waals surface area contributed by atoms with Gasteiger partial charge < -0.3 is 19.5 Å². The van der Waals surface area contributed by atoms with Crippen LogP contribution in [-0.2, 0) is 14.3 Å². The Bertz CT molecular complexity index is 894. The number of ether oxygens (including phenoxy) is 3. The molecule has 2 heterocycles. The van der Waals surface area contributed by atoms with Gasteiger partial charge >= 0.3 is 5.97 Å². The van der Waals surface area contributed by atoms with Crippen LogP contribution in [0.5, 0.6) is 11.5 Å². The Morgan fingerprint density at radius 3 is 2.57 bits per heavy atom. The van der Waals surface area contributed by atoms with Gasteiger partial charge in [0.15, 0.2) is 11.5 Å². The number of fused-ring (bicyclic) bond motifs is 1. The topological polar surface area (TPSA) is 77.1 Å². The zero-order valence-electron chi connectivity index (χ0n) is 17.0. The van der Waals surface area contributed by atoms with Crippen LogP contribution in [0, 0.1) is 5.92 Å². The summed E-state index contributed by atoms with van der Waals surface area (Å²) in [4.78, 5) is 27.5. The molecule has 2 aromatic rings.